The molecule has 0 radical (unpaired) electrons. The van der Waals surface area contributed by atoms with Gasteiger partial charge in [-0.1, -0.05) is 6.92 Å². The Kier molecular flexibility index (Phi) is 3.72. The van der Waals surface area contributed by atoms with Gasteiger partial charge in [0.25, 0.3) is 0 Å². The molecule has 1 rings (SSSR count). The van der Waals surface area contributed by atoms with Gasteiger partial charge in [0, 0.05) is 26.1 Å². The highest BCUT2D eigenvalue weighted by atomic mass is 16.2. The molecule has 0 bridgehead atoms. The molecule has 0 aromatic carbocycles. The molecule has 0 unspecified atom stereocenters. The van der Waals surface area contributed by atoms with Gasteiger partial charge in [-0.2, -0.15) is 0 Å². The first-order valence-electron chi connectivity index (χ1n) is 5.11. The van der Waals surface area contributed by atoms with Crippen LogP contribution in [0.25, 0.3) is 0 Å². The van der Waals surface area contributed by atoms with Crippen molar-refractivity contribution in [2.75, 3.05) is 26.7 Å². The van der Waals surface area contributed by atoms with Crippen molar-refractivity contribution < 1.29 is 4.79 Å². The number of rotatable bonds is 2. The van der Waals surface area contributed by atoms with Crippen LogP contribution in [0.5, 0.6) is 0 Å². The number of likely N-dealkylation sites (tertiary alicyclic amines) is 1. The summed E-state index contributed by atoms with van der Waals surface area (Å²) < 4.78 is 0. The Morgan fingerprint density at radius 3 is 2.38 bits per heavy atom. The zero-order valence-corrected chi connectivity index (χ0v) is 8.92. The molecule has 0 aromatic heterocycles. The first kappa shape index (κ1) is 10.5. The summed E-state index contributed by atoms with van der Waals surface area (Å²) in [6.07, 6.45) is 2.26. The average molecular weight is 184 g/mol. The Bertz CT molecular complexity index is 174. The lowest BCUT2D eigenvalue weighted by atomic mass is 10.0. The molecule has 0 spiro atoms. The second kappa shape index (κ2) is 4.61. The Balaban J connectivity index is 2.34. The number of carbonyl (C=O) groups is 1. The van der Waals surface area contributed by atoms with Crippen LogP contribution >= 0.6 is 0 Å². The number of nitrogens with zero attached hydrogens (tertiary/aromatic N) is 2. The fourth-order valence-electron chi connectivity index (χ4n) is 1.88. The van der Waals surface area contributed by atoms with Crippen LogP contribution in [-0.2, 0) is 4.79 Å². The molecule has 1 saturated heterocycles. The van der Waals surface area contributed by atoms with Crippen LogP contribution < -0.4 is 0 Å². The van der Waals surface area contributed by atoms with Crippen molar-refractivity contribution in [2.24, 2.45) is 0 Å². The minimum absolute atomic E-state index is 0.220. The van der Waals surface area contributed by atoms with E-state index in [0.29, 0.717) is 6.04 Å². The molecule has 1 aliphatic heterocycles. The van der Waals surface area contributed by atoms with Gasteiger partial charge in [0.15, 0.2) is 0 Å². The van der Waals surface area contributed by atoms with Gasteiger partial charge >= 0.3 is 0 Å². The normalized spacial score (nSPS) is 19.5. The maximum atomic E-state index is 11.1. The second-order valence-electron chi connectivity index (χ2n) is 3.81. The lowest BCUT2D eigenvalue weighted by molar-refractivity contribution is -0.130. The maximum Gasteiger partial charge on any atom is 0.219 e. The van der Waals surface area contributed by atoms with Gasteiger partial charge in [-0.3, -0.25) is 4.79 Å². The molecular weight excluding hydrogens is 164 g/mol. The van der Waals surface area contributed by atoms with E-state index < -0.39 is 0 Å². The fraction of sp³-hybridized carbons (Fsp3) is 0.900. The first-order valence-corrected chi connectivity index (χ1v) is 5.11. The lowest BCUT2D eigenvalue weighted by Crippen LogP contribution is -2.44. The predicted octanol–water partition coefficient (Wildman–Crippen LogP) is 0.949. The minimum atomic E-state index is 0.220. The number of amides is 1. The van der Waals surface area contributed by atoms with Crippen molar-refractivity contribution in [1.82, 2.24) is 9.80 Å². The lowest BCUT2D eigenvalue weighted by Gasteiger charge is -2.35. The molecule has 1 aliphatic rings. The van der Waals surface area contributed by atoms with E-state index in [1.54, 1.807) is 6.92 Å². The van der Waals surface area contributed by atoms with Crippen LogP contribution in [-0.4, -0.2) is 48.4 Å². The summed E-state index contributed by atoms with van der Waals surface area (Å²) in [5, 5.41) is 0. The number of carbonyl (C=O) groups excluding carboxylic acids is 1. The summed E-state index contributed by atoms with van der Waals surface area (Å²) in [5.41, 5.74) is 0. The van der Waals surface area contributed by atoms with Crippen molar-refractivity contribution in [3.63, 3.8) is 0 Å². The molecule has 0 atom stereocenters. The molecule has 1 fully saturated rings. The van der Waals surface area contributed by atoms with E-state index in [-0.39, 0.29) is 5.91 Å². The third-order valence-electron chi connectivity index (χ3n) is 3.03. The van der Waals surface area contributed by atoms with Crippen molar-refractivity contribution in [1.29, 1.82) is 0 Å². The average Bonchev–Trinajstić information content (AvgIpc) is 2.17. The van der Waals surface area contributed by atoms with E-state index in [0.717, 1.165) is 32.5 Å². The number of hydrogen-bond donors (Lipinski definition) is 0. The van der Waals surface area contributed by atoms with Gasteiger partial charge < -0.3 is 9.80 Å². The first-order chi connectivity index (χ1) is 6.15. The Hall–Kier alpha value is -0.570. The Labute approximate surface area is 80.7 Å². The van der Waals surface area contributed by atoms with Gasteiger partial charge in [0.1, 0.15) is 0 Å². The molecule has 3 heteroatoms. The Morgan fingerprint density at radius 1 is 1.46 bits per heavy atom. The molecule has 76 valence electrons. The van der Waals surface area contributed by atoms with Crippen molar-refractivity contribution in [3.8, 4) is 0 Å². The fourth-order valence-corrected chi connectivity index (χ4v) is 1.88. The maximum absolute atomic E-state index is 11.1. The predicted molar refractivity (Wildman–Crippen MR) is 53.6 cm³/mol. The summed E-state index contributed by atoms with van der Waals surface area (Å²) in [6.45, 7) is 6.81. The van der Waals surface area contributed by atoms with Gasteiger partial charge in [0.2, 0.25) is 5.91 Å². The number of piperidine rings is 1. The van der Waals surface area contributed by atoms with E-state index in [4.69, 9.17) is 0 Å². The largest absolute Gasteiger partial charge is 0.343 e. The highest BCUT2D eigenvalue weighted by Crippen LogP contribution is 2.14. The van der Waals surface area contributed by atoms with Crippen molar-refractivity contribution >= 4 is 5.91 Å². The van der Waals surface area contributed by atoms with Crippen LogP contribution in [0.4, 0.5) is 0 Å². The molecule has 0 saturated carbocycles. The van der Waals surface area contributed by atoms with Crippen LogP contribution in [0.2, 0.25) is 0 Å². The number of hydrogen-bond acceptors (Lipinski definition) is 2. The van der Waals surface area contributed by atoms with Crippen LogP contribution in [0, 0.1) is 0 Å². The second-order valence-corrected chi connectivity index (χ2v) is 3.81. The van der Waals surface area contributed by atoms with E-state index in [1.165, 1.54) is 0 Å². The third-order valence-corrected chi connectivity index (χ3v) is 3.03. The van der Waals surface area contributed by atoms with Gasteiger partial charge in [-0.05, 0) is 26.4 Å². The van der Waals surface area contributed by atoms with Crippen LogP contribution in [0.3, 0.4) is 0 Å². The SMILES string of the molecule is CCN(C)C1CCN(C(C)=O)CC1. The molecule has 1 heterocycles. The smallest absolute Gasteiger partial charge is 0.219 e. The molecule has 0 N–H and O–H groups in total. The summed E-state index contributed by atoms with van der Waals surface area (Å²) in [7, 11) is 2.16. The van der Waals surface area contributed by atoms with Crippen molar-refractivity contribution in [3.05, 3.63) is 0 Å². The van der Waals surface area contributed by atoms with Crippen LogP contribution in [0.1, 0.15) is 26.7 Å². The van der Waals surface area contributed by atoms with E-state index in [2.05, 4.69) is 18.9 Å². The molecular formula is C10H20N2O. The zero-order chi connectivity index (χ0) is 9.84. The van der Waals surface area contributed by atoms with E-state index in [9.17, 15) is 4.79 Å². The van der Waals surface area contributed by atoms with Crippen molar-refractivity contribution in [2.45, 2.75) is 32.7 Å². The molecule has 3 nitrogen and oxygen atoms in total. The molecule has 0 aromatic rings. The minimum Gasteiger partial charge on any atom is -0.343 e. The van der Waals surface area contributed by atoms with E-state index in [1.807, 2.05) is 4.90 Å². The monoisotopic (exact) mass is 184 g/mol. The van der Waals surface area contributed by atoms with Gasteiger partial charge in [0.05, 0.1) is 0 Å². The summed E-state index contributed by atoms with van der Waals surface area (Å²) in [6, 6.07) is 0.681. The standard InChI is InChI=1S/C10H20N2O/c1-4-11(3)10-5-7-12(8-6-10)9(2)13/h10H,4-8H2,1-3H3. The summed E-state index contributed by atoms with van der Waals surface area (Å²) >= 11 is 0. The van der Waals surface area contributed by atoms with Crippen LogP contribution in [0.15, 0.2) is 0 Å². The third kappa shape index (κ3) is 2.69. The highest BCUT2D eigenvalue weighted by molar-refractivity contribution is 5.73. The summed E-state index contributed by atoms with van der Waals surface area (Å²) in [4.78, 5) is 15.4. The van der Waals surface area contributed by atoms with Gasteiger partial charge in [-0.15, -0.1) is 0 Å². The highest BCUT2D eigenvalue weighted by Gasteiger charge is 2.22. The summed E-state index contributed by atoms with van der Waals surface area (Å²) in [5.74, 6) is 0.220. The quantitative estimate of drug-likeness (QED) is 0.638. The topological polar surface area (TPSA) is 23.6 Å². The molecule has 0 aliphatic carbocycles. The van der Waals surface area contributed by atoms with E-state index >= 15 is 0 Å². The molecule has 1 amide bonds. The molecule has 13 heavy (non-hydrogen) atoms. The Morgan fingerprint density at radius 2 is 2.00 bits per heavy atom. The van der Waals surface area contributed by atoms with Gasteiger partial charge in [-0.25, -0.2) is 0 Å². The zero-order valence-electron chi connectivity index (χ0n) is 8.92.